The van der Waals surface area contributed by atoms with E-state index in [4.69, 9.17) is 10.7 Å². The van der Waals surface area contributed by atoms with E-state index in [1.807, 2.05) is 0 Å². The van der Waals surface area contributed by atoms with Gasteiger partial charge in [-0.1, -0.05) is 27.2 Å². The Kier molecular flexibility index (Phi) is 5.40. The predicted octanol–water partition coefficient (Wildman–Crippen LogP) is 3.77. The second-order valence-corrected chi connectivity index (χ2v) is 8.18. The number of aryl methyl sites for hydroxylation is 1. The Hall–Kier alpha value is -2.34. The molecule has 149 valence electrons. The average molecular weight is 380 g/mol. The molecule has 0 aliphatic carbocycles. The van der Waals surface area contributed by atoms with Crippen molar-refractivity contribution in [1.82, 2.24) is 19.9 Å². The Balaban J connectivity index is 1.63. The molecular formula is C22H31N6. The summed E-state index contributed by atoms with van der Waals surface area (Å²) < 4.78 is 0. The van der Waals surface area contributed by atoms with Crippen LogP contribution in [0.5, 0.6) is 0 Å². The first-order valence-electron chi connectivity index (χ1n) is 10.4. The van der Waals surface area contributed by atoms with Crippen LogP contribution in [0.1, 0.15) is 39.4 Å². The normalized spacial score (nSPS) is 15.9. The number of imidazole rings is 1. The molecule has 1 aliphatic heterocycles. The van der Waals surface area contributed by atoms with Gasteiger partial charge in [-0.3, -0.25) is 4.90 Å². The Morgan fingerprint density at radius 3 is 2.64 bits per heavy atom. The Morgan fingerprint density at radius 2 is 1.93 bits per heavy atom. The number of aromatic amines is 1. The molecule has 0 bridgehead atoms. The lowest BCUT2D eigenvalue weighted by molar-refractivity contribution is 0.267. The van der Waals surface area contributed by atoms with Crippen molar-refractivity contribution in [3.05, 3.63) is 29.9 Å². The number of nitrogens with zero attached hydrogens (tertiary/aromatic N) is 4. The number of piperazine rings is 1. The van der Waals surface area contributed by atoms with E-state index in [1.165, 1.54) is 11.6 Å². The molecule has 3 aromatic rings. The van der Waals surface area contributed by atoms with Crippen molar-refractivity contribution in [2.75, 3.05) is 43.4 Å². The zero-order valence-electron chi connectivity index (χ0n) is 17.3. The van der Waals surface area contributed by atoms with Crippen molar-refractivity contribution in [2.24, 2.45) is 0 Å². The molecule has 4 rings (SSSR count). The van der Waals surface area contributed by atoms with Gasteiger partial charge in [0.1, 0.15) is 11.3 Å². The lowest BCUT2D eigenvalue weighted by atomic mass is 10.1. The summed E-state index contributed by atoms with van der Waals surface area (Å²) in [6, 6.07) is 6.50. The number of nitrogens with two attached hydrogens (primary N) is 1. The van der Waals surface area contributed by atoms with Crippen LogP contribution < -0.4 is 10.6 Å². The van der Waals surface area contributed by atoms with Gasteiger partial charge in [0.25, 0.3) is 0 Å². The van der Waals surface area contributed by atoms with Crippen LogP contribution in [0.15, 0.2) is 18.2 Å². The van der Waals surface area contributed by atoms with Crippen LogP contribution >= 0.6 is 0 Å². The highest BCUT2D eigenvalue weighted by atomic mass is 15.3. The first-order chi connectivity index (χ1) is 13.5. The van der Waals surface area contributed by atoms with Gasteiger partial charge < -0.3 is 15.6 Å². The topological polar surface area (TPSA) is 74.1 Å². The van der Waals surface area contributed by atoms with Crippen molar-refractivity contribution in [1.29, 1.82) is 0 Å². The number of nitrogens with one attached hydrogen (secondary N) is 1. The first kappa shape index (κ1) is 19.0. The Bertz CT molecular complexity index is 952. The third kappa shape index (κ3) is 3.78. The number of hydrogen-bond acceptors (Lipinski definition) is 5. The van der Waals surface area contributed by atoms with Gasteiger partial charge in [0.15, 0.2) is 5.82 Å². The number of unbranched alkanes of at least 4 members (excludes halogenated alkanes) is 1. The third-order valence-corrected chi connectivity index (χ3v) is 5.53. The lowest BCUT2D eigenvalue weighted by Crippen LogP contribution is -2.47. The molecule has 3 heterocycles. The monoisotopic (exact) mass is 379 g/mol. The van der Waals surface area contributed by atoms with Crippen molar-refractivity contribution in [2.45, 2.75) is 40.0 Å². The van der Waals surface area contributed by atoms with E-state index in [0.717, 1.165) is 79.7 Å². The second kappa shape index (κ2) is 7.95. The number of anilines is 2. The fourth-order valence-corrected chi connectivity index (χ4v) is 4.08. The zero-order valence-corrected chi connectivity index (χ0v) is 17.3. The first-order valence-corrected chi connectivity index (χ1v) is 10.4. The Labute approximate surface area is 167 Å². The maximum absolute atomic E-state index is 6.19. The highest BCUT2D eigenvalue weighted by molar-refractivity contribution is 6.07. The fourth-order valence-electron chi connectivity index (χ4n) is 4.08. The van der Waals surface area contributed by atoms with E-state index in [0.29, 0.717) is 5.82 Å². The van der Waals surface area contributed by atoms with Crippen LogP contribution in [0.4, 0.5) is 11.5 Å². The third-order valence-electron chi connectivity index (χ3n) is 5.53. The molecule has 1 fully saturated rings. The number of hydrogen-bond donors (Lipinski definition) is 2. The van der Waals surface area contributed by atoms with E-state index in [2.05, 4.69) is 58.7 Å². The molecule has 1 saturated heterocycles. The molecule has 0 unspecified atom stereocenters. The SMILES string of the molecule is CCCCc1nc2c(N)nc3ccc(N4CCN(C[C](C)C)CC4)cc3c2[nH]1. The molecule has 2 aromatic heterocycles. The number of nitrogen functional groups attached to an aromatic ring is 1. The van der Waals surface area contributed by atoms with Gasteiger partial charge in [0, 0.05) is 50.2 Å². The minimum absolute atomic E-state index is 0.508. The molecule has 6 heteroatoms. The summed E-state index contributed by atoms with van der Waals surface area (Å²) in [7, 11) is 0. The summed E-state index contributed by atoms with van der Waals surface area (Å²) in [5.74, 6) is 2.99. The molecule has 1 aliphatic rings. The van der Waals surface area contributed by atoms with Gasteiger partial charge in [0.2, 0.25) is 0 Å². The minimum atomic E-state index is 0.508. The minimum Gasteiger partial charge on any atom is -0.382 e. The van der Waals surface area contributed by atoms with Crippen molar-refractivity contribution >= 4 is 33.4 Å². The van der Waals surface area contributed by atoms with E-state index < -0.39 is 0 Å². The van der Waals surface area contributed by atoms with Crippen molar-refractivity contribution < 1.29 is 0 Å². The number of rotatable bonds is 6. The molecule has 0 saturated carbocycles. The molecule has 6 nitrogen and oxygen atoms in total. The predicted molar refractivity (Wildman–Crippen MR) is 118 cm³/mol. The molecule has 0 atom stereocenters. The summed E-state index contributed by atoms with van der Waals surface area (Å²) in [6.07, 6.45) is 3.22. The zero-order chi connectivity index (χ0) is 19.7. The molecule has 0 spiro atoms. The summed E-state index contributed by atoms with van der Waals surface area (Å²) in [5.41, 5.74) is 10.2. The molecule has 1 aromatic carbocycles. The van der Waals surface area contributed by atoms with Gasteiger partial charge >= 0.3 is 0 Å². The van der Waals surface area contributed by atoms with Crippen LogP contribution in [-0.2, 0) is 6.42 Å². The number of H-pyrrole nitrogens is 1. The van der Waals surface area contributed by atoms with Crippen molar-refractivity contribution in [3.8, 4) is 0 Å². The number of fused-ring (bicyclic) bond motifs is 3. The van der Waals surface area contributed by atoms with E-state index in [9.17, 15) is 0 Å². The number of aromatic nitrogens is 3. The quantitative estimate of drug-likeness (QED) is 0.682. The smallest absolute Gasteiger partial charge is 0.152 e. The van der Waals surface area contributed by atoms with Gasteiger partial charge in [0.05, 0.1) is 11.0 Å². The van der Waals surface area contributed by atoms with Crippen LogP contribution in [0.3, 0.4) is 0 Å². The molecule has 28 heavy (non-hydrogen) atoms. The molecule has 0 amide bonds. The highest BCUT2D eigenvalue weighted by Gasteiger charge is 2.19. The van der Waals surface area contributed by atoms with Crippen LogP contribution in [-0.4, -0.2) is 52.6 Å². The molecule has 1 radical (unpaired) electrons. The summed E-state index contributed by atoms with van der Waals surface area (Å²) in [5, 5.41) is 1.11. The molecule has 3 N–H and O–H groups in total. The standard InChI is InChI=1S/C22H31N6/c1-4-5-6-19-25-20-17-13-16(7-8-18(17)24-22(23)21(20)26-19)28-11-9-27(10-12-28)14-15(2)3/h7-8,13H,4-6,9-12,14H2,1-3H3,(H2,23,24)(H,25,26). The van der Waals surface area contributed by atoms with Crippen LogP contribution in [0, 0.1) is 5.92 Å². The molecular weight excluding hydrogens is 348 g/mol. The van der Waals surface area contributed by atoms with E-state index >= 15 is 0 Å². The van der Waals surface area contributed by atoms with Crippen LogP contribution in [0.25, 0.3) is 21.9 Å². The van der Waals surface area contributed by atoms with E-state index in [1.54, 1.807) is 0 Å². The largest absolute Gasteiger partial charge is 0.382 e. The van der Waals surface area contributed by atoms with E-state index in [-0.39, 0.29) is 0 Å². The van der Waals surface area contributed by atoms with Gasteiger partial charge in [-0.05, 0) is 30.5 Å². The average Bonchev–Trinajstić information content (AvgIpc) is 3.12. The summed E-state index contributed by atoms with van der Waals surface area (Å²) in [6.45, 7) is 12.0. The summed E-state index contributed by atoms with van der Waals surface area (Å²) in [4.78, 5) is 17.8. The summed E-state index contributed by atoms with van der Waals surface area (Å²) >= 11 is 0. The Morgan fingerprint density at radius 1 is 1.14 bits per heavy atom. The number of benzene rings is 1. The maximum atomic E-state index is 6.19. The van der Waals surface area contributed by atoms with Crippen molar-refractivity contribution in [3.63, 3.8) is 0 Å². The second-order valence-electron chi connectivity index (χ2n) is 8.18. The fraction of sp³-hybridized carbons (Fsp3) is 0.500. The van der Waals surface area contributed by atoms with Crippen LogP contribution in [0.2, 0.25) is 0 Å². The lowest BCUT2D eigenvalue weighted by Gasteiger charge is -2.36. The van der Waals surface area contributed by atoms with Gasteiger partial charge in [-0.2, -0.15) is 0 Å². The maximum Gasteiger partial charge on any atom is 0.152 e. The van der Waals surface area contributed by atoms with Gasteiger partial charge in [-0.15, -0.1) is 0 Å². The highest BCUT2D eigenvalue weighted by Crippen LogP contribution is 2.30. The van der Waals surface area contributed by atoms with Gasteiger partial charge in [-0.25, -0.2) is 9.97 Å². The number of pyridine rings is 1.